The van der Waals surface area contributed by atoms with Gasteiger partial charge in [0, 0.05) is 11.8 Å². The molecule has 150 valence electrons. The fourth-order valence-corrected chi connectivity index (χ4v) is 4.65. The summed E-state index contributed by atoms with van der Waals surface area (Å²) in [7, 11) is 0. The first kappa shape index (κ1) is 18.1. The lowest BCUT2D eigenvalue weighted by Gasteiger charge is -2.23. The number of hydrogen-bond acceptors (Lipinski definition) is 5. The highest BCUT2D eigenvalue weighted by Crippen LogP contribution is 2.52. The van der Waals surface area contributed by atoms with Gasteiger partial charge >= 0.3 is 0 Å². The summed E-state index contributed by atoms with van der Waals surface area (Å²) in [6.45, 7) is 6.36. The molecule has 7 heteroatoms. The van der Waals surface area contributed by atoms with Gasteiger partial charge in [-0.3, -0.25) is 14.5 Å². The van der Waals surface area contributed by atoms with Gasteiger partial charge in [-0.05, 0) is 30.5 Å². The van der Waals surface area contributed by atoms with Crippen molar-refractivity contribution in [1.82, 2.24) is 5.16 Å². The molecule has 2 fully saturated rings. The summed E-state index contributed by atoms with van der Waals surface area (Å²) in [4.78, 5) is 27.9. The predicted molar refractivity (Wildman–Crippen MR) is 106 cm³/mol. The normalized spacial score (nSPS) is 29.7. The van der Waals surface area contributed by atoms with E-state index >= 15 is 0 Å². The third-order valence-corrected chi connectivity index (χ3v) is 6.14. The number of hydrogen-bond donors (Lipinski definition) is 1. The van der Waals surface area contributed by atoms with Crippen molar-refractivity contribution < 1.29 is 18.8 Å². The van der Waals surface area contributed by atoms with E-state index in [1.807, 2.05) is 36.4 Å². The van der Waals surface area contributed by atoms with Crippen molar-refractivity contribution in [2.24, 2.45) is 11.8 Å². The maximum Gasteiger partial charge on any atom is 0.235 e. The lowest BCUT2D eigenvalue weighted by atomic mass is 9.76. The quantitative estimate of drug-likeness (QED) is 0.807. The summed E-state index contributed by atoms with van der Waals surface area (Å²) >= 11 is 0. The molecule has 2 bridgehead atoms. The number of aromatic nitrogens is 1. The van der Waals surface area contributed by atoms with E-state index in [1.54, 1.807) is 17.9 Å². The minimum Gasteiger partial charge on any atom is -0.360 e. The van der Waals surface area contributed by atoms with Gasteiger partial charge in [0.15, 0.2) is 5.82 Å². The molecule has 0 saturated carbocycles. The average Bonchev–Trinajstić information content (AvgIpc) is 3.43. The Kier molecular flexibility index (Phi) is 3.93. The molecule has 2 saturated heterocycles. The predicted octanol–water partition coefficient (Wildman–Crippen LogP) is 3.03. The number of anilines is 2. The minimum atomic E-state index is -0.780. The van der Waals surface area contributed by atoms with E-state index < -0.39 is 17.4 Å². The van der Waals surface area contributed by atoms with E-state index in [0.29, 0.717) is 24.0 Å². The van der Waals surface area contributed by atoms with Crippen LogP contribution in [0.2, 0.25) is 0 Å². The van der Waals surface area contributed by atoms with Gasteiger partial charge in [-0.15, -0.1) is 0 Å². The van der Waals surface area contributed by atoms with Gasteiger partial charge in [0.05, 0.1) is 24.5 Å². The number of benzene rings is 1. The van der Waals surface area contributed by atoms with Crippen LogP contribution in [0, 0.1) is 18.8 Å². The number of amides is 2. The Morgan fingerprint density at radius 2 is 2.07 bits per heavy atom. The molecule has 1 aromatic carbocycles. The van der Waals surface area contributed by atoms with Gasteiger partial charge in [-0.1, -0.05) is 43.3 Å². The summed E-state index contributed by atoms with van der Waals surface area (Å²) in [5, 5.41) is 6.93. The number of ether oxygens (including phenoxy) is 1. The molecule has 5 rings (SSSR count). The largest absolute Gasteiger partial charge is 0.360 e. The third kappa shape index (κ3) is 2.72. The second-order valence-electron chi connectivity index (χ2n) is 8.39. The van der Waals surface area contributed by atoms with E-state index in [-0.39, 0.29) is 17.9 Å². The Hall–Kier alpha value is -2.93. The molecule has 3 aliphatic rings. The Labute approximate surface area is 168 Å². The van der Waals surface area contributed by atoms with Crippen LogP contribution in [-0.4, -0.2) is 35.2 Å². The van der Waals surface area contributed by atoms with Gasteiger partial charge in [-0.2, -0.15) is 0 Å². The molecule has 4 atom stereocenters. The second-order valence-corrected chi connectivity index (χ2v) is 8.39. The Balaban J connectivity index is 1.39. The van der Waals surface area contributed by atoms with Crippen molar-refractivity contribution in [3.05, 3.63) is 53.8 Å². The van der Waals surface area contributed by atoms with Crippen LogP contribution in [0.4, 0.5) is 11.5 Å². The lowest BCUT2D eigenvalue weighted by Crippen LogP contribution is -2.41. The highest BCUT2D eigenvalue weighted by Gasteiger charge is 2.67. The van der Waals surface area contributed by atoms with Crippen LogP contribution >= 0.6 is 0 Å². The van der Waals surface area contributed by atoms with Crippen molar-refractivity contribution >= 4 is 23.3 Å². The minimum absolute atomic E-state index is 0.152. The number of rotatable bonds is 4. The number of nitrogens with one attached hydrogen (secondary N) is 1. The summed E-state index contributed by atoms with van der Waals surface area (Å²) < 4.78 is 11.3. The molecular formula is C22H23N3O4. The summed E-state index contributed by atoms with van der Waals surface area (Å²) in [6, 6.07) is 9.53. The molecule has 1 aromatic heterocycles. The SMILES string of the molecule is Cc1cc(N2C[C@@]34C=C[C@@H](O3)[C@@H](C(=O)Nc3ccc(C(C)C)cc3)[C@@H]4C2=O)no1. The van der Waals surface area contributed by atoms with E-state index in [0.717, 1.165) is 5.69 Å². The van der Waals surface area contributed by atoms with Crippen molar-refractivity contribution in [3.63, 3.8) is 0 Å². The molecule has 0 unspecified atom stereocenters. The van der Waals surface area contributed by atoms with Crippen LogP contribution in [0.25, 0.3) is 0 Å². The summed E-state index contributed by atoms with van der Waals surface area (Å²) in [6.07, 6.45) is 3.43. The zero-order chi connectivity index (χ0) is 20.3. The van der Waals surface area contributed by atoms with Crippen LogP contribution < -0.4 is 10.2 Å². The van der Waals surface area contributed by atoms with E-state index in [9.17, 15) is 9.59 Å². The van der Waals surface area contributed by atoms with Gasteiger partial charge in [-0.25, -0.2) is 0 Å². The number of nitrogens with zero attached hydrogens (tertiary/aromatic N) is 2. The molecule has 7 nitrogen and oxygen atoms in total. The maximum absolute atomic E-state index is 13.2. The van der Waals surface area contributed by atoms with Crippen LogP contribution in [0.15, 0.2) is 47.0 Å². The van der Waals surface area contributed by atoms with Crippen LogP contribution in [-0.2, 0) is 14.3 Å². The fraction of sp³-hybridized carbons (Fsp3) is 0.409. The van der Waals surface area contributed by atoms with Crippen molar-refractivity contribution in [2.45, 2.75) is 38.4 Å². The molecule has 0 aliphatic carbocycles. The molecule has 1 spiro atoms. The Bertz CT molecular complexity index is 1010. The number of carbonyl (C=O) groups excluding carboxylic acids is 2. The lowest BCUT2D eigenvalue weighted by molar-refractivity contribution is -0.128. The molecular weight excluding hydrogens is 370 g/mol. The van der Waals surface area contributed by atoms with Gasteiger partial charge in [0.2, 0.25) is 11.8 Å². The zero-order valence-corrected chi connectivity index (χ0v) is 16.6. The topological polar surface area (TPSA) is 84.7 Å². The van der Waals surface area contributed by atoms with Crippen molar-refractivity contribution in [1.29, 1.82) is 0 Å². The number of aryl methyl sites for hydroxylation is 1. The van der Waals surface area contributed by atoms with Crippen molar-refractivity contribution in [3.8, 4) is 0 Å². The first-order valence-corrected chi connectivity index (χ1v) is 9.91. The highest BCUT2D eigenvalue weighted by molar-refractivity contribution is 6.05. The maximum atomic E-state index is 13.2. The monoisotopic (exact) mass is 393 g/mol. The smallest absolute Gasteiger partial charge is 0.235 e. The Morgan fingerprint density at radius 1 is 1.31 bits per heavy atom. The first-order valence-electron chi connectivity index (χ1n) is 9.91. The molecule has 29 heavy (non-hydrogen) atoms. The fourth-order valence-electron chi connectivity index (χ4n) is 4.65. The van der Waals surface area contributed by atoms with Gasteiger partial charge in [0.25, 0.3) is 0 Å². The highest BCUT2D eigenvalue weighted by atomic mass is 16.5. The van der Waals surface area contributed by atoms with E-state index in [2.05, 4.69) is 24.3 Å². The van der Waals surface area contributed by atoms with Gasteiger partial charge in [0.1, 0.15) is 11.4 Å². The Morgan fingerprint density at radius 3 is 2.72 bits per heavy atom. The molecule has 4 heterocycles. The summed E-state index contributed by atoms with van der Waals surface area (Å²) in [5.74, 6) is 0.0172. The molecule has 1 N–H and O–H groups in total. The van der Waals surface area contributed by atoms with E-state index in [1.165, 1.54) is 5.56 Å². The summed E-state index contributed by atoms with van der Waals surface area (Å²) in [5.41, 5.74) is 1.14. The third-order valence-electron chi connectivity index (χ3n) is 6.14. The molecule has 2 aromatic rings. The standard InChI is InChI=1S/C22H23N3O4/c1-12(2)14-4-6-15(7-5-14)23-20(26)18-16-8-9-22(28-16)11-25(21(27)19(18)22)17-10-13(3)29-24-17/h4-10,12,16,18-19H,11H2,1-3H3,(H,23,26)/t16-,18-,19-,22-/m1/s1. The van der Waals surface area contributed by atoms with Gasteiger partial charge < -0.3 is 14.6 Å². The molecule has 3 aliphatic heterocycles. The second kappa shape index (κ2) is 6.29. The van der Waals surface area contributed by atoms with Crippen LogP contribution in [0.3, 0.4) is 0 Å². The zero-order valence-electron chi connectivity index (χ0n) is 16.6. The van der Waals surface area contributed by atoms with Crippen molar-refractivity contribution in [2.75, 3.05) is 16.8 Å². The van der Waals surface area contributed by atoms with E-state index in [4.69, 9.17) is 9.26 Å². The van der Waals surface area contributed by atoms with Crippen LogP contribution in [0.5, 0.6) is 0 Å². The van der Waals surface area contributed by atoms with Crippen LogP contribution in [0.1, 0.15) is 31.1 Å². The number of carbonyl (C=O) groups is 2. The first-order chi connectivity index (χ1) is 13.9. The molecule has 0 radical (unpaired) electrons. The molecule has 2 amide bonds. The average molecular weight is 393 g/mol. The number of fused-ring (bicyclic) bond motifs is 1.